The molecule has 1 atom stereocenters. The Kier molecular flexibility index (Phi) is 6.39. The van der Waals surface area contributed by atoms with Gasteiger partial charge in [0, 0.05) is 17.9 Å². The summed E-state index contributed by atoms with van der Waals surface area (Å²) in [5, 5.41) is 5.40. The number of fused-ring (bicyclic) bond motifs is 1. The zero-order chi connectivity index (χ0) is 20.1. The zero-order valence-corrected chi connectivity index (χ0v) is 17.2. The molecule has 1 heterocycles. The molecule has 0 aromatic heterocycles. The van der Waals surface area contributed by atoms with Gasteiger partial charge >= 0.3 is 0 Å². The summed E-state index contributed by atoms with van der Waals surface area (Å²) in [6.45, 7) is 0.427. The van der Waals surface area contributed by atoms with Crippen LogP contribution in [0, 0.1) is 0 Å². The Morgan fingerprint density at radius 3 is 2.79 bits per heavy atom. The Bertz CT molecular complexity index is 880. The zero-order valence-electron chi connectivity index (χ0n) is 16.4. The Hall–Kier alpha value is -2.47. The third-order valence-electron chi connectivity index (χ3n) is 5.32. The molecule has 6 heteroatoms. The Morgan fingerprint density at radius 1 is 1.10 bits per heavy atom. The third-order valence-corrected chi connectivity index (χ3v) is 6.60. The molecule has 152 valence electrons. The molecule has 0 spiro atoms. The van der Waals surface area contributed by atoms with E-state index in [1.54, 1.807) is 0 Å². The average Bonchev–Trinajstić information content (AvgIpc) is 2.74. The predicted octanol–water partition coefficient (Wildman–Crippen LogP) is 4.52. The van der Waals surface area contributed by atoms with Crippen molar-refractivity contribution in [3.05, 3.63) is 54.1 Å². The van der Waals surface area contributed by atoms with Crippen LogP contribution in [0.4, 0.5) is 5.69 Å². The topological polar surface area (TPSA) is 67.4 Å². The lowest BCUT2D eigenvalue weighted by atomic mass is 9.98. The van der Waals surface area contributed by atoms with E-state index in [1.807, 2.05) is 48.5 Å². The van der Waals surface area contributed by atoms with E-state index >= 15 is 0 Å². The van der Waals surface area contributed by atoms with Gasteiger partial charge in [-0.3, -0.25) is 9.59 Å². The van der Waals surface area contributed by atoms with Crippen molar-refractivity contribution < 1.29 is 14.3 Å². The fourth-order valence-corrected chi connectivity index (χ4v) is 4.88. The fourth-order valence-electron chi connectivity index (χ4n) is 3.77. The molecule has 1 aliphatic carbocycles. The molecule has 2 aliphatic rings. The Balaban J connectivity index is 1.28. The van der Waals surface area contributed by atoms with Gasteiger partial charge in [-0.2, -0.15) is 0 Å². The van der Waals surface area contributed by atoms with Crippen molar-refractivity contribution in [2.75, 3.05) is 5.32 Å². The maximum absolute atomic E-state index is 12.4. The minimum Gasteiger partial charge on any atom is -0.490 e. The second-order valence-corrected chi connectivity index (χ2v) is 8.84. The first-order chi connectivity index (χ1) is 14.2. The Morgan fingerprint density at radius 2 is 1.93 bits per heavy atom. The van der Waals surface area contributed by atoms with Crippen LogP contribution in [-0.4, -0.2) is 23.2 Å². The number of hydrogen-bond acceptors (Lipinski definition) is 4. The molecule has 1 aliphatic heterocycles. The number of thioether (sulfide) groups is 1. The standard InChI is InChI=1S/C23H26N2O3S/c26-22(14-21-23(27)25-19-11-4-5-12-20(19)29-21)24-15-16-7-6-10-18(13-16)28-17-8-2-1-3-9-17/h4-7,10-13,17,21H,1-3,8-9,14-15H2,(H,24,26)(H,25,27). The van der Waals surface area contributed by atoms with Crippen LogP contribution in [0.1, 0.15) is 44.1 Å². The minimum atomic E-state index is -0.411. The highest BCUT2D eigenvalue weighted by molar-refractivity contribution is 8.01. The summed E-state index contributed by atoms with van der Waals surface area (Å²) in [5.41, 5.74) is 1.81. The summed E-state index contributed by atoms with van der Waals surface area (Å²) in [5.74, 6) is 0.616. The molecule has 2 amide bonds. The van der Waals surface area contributed by atoms with E-state index in [1.165, 1.54) is 31.0 Å². The van der Waals surface area contributed by atoms with E-state index in [9.17, 15) is 9.59 Å². The summed E-state index contributed by atoms with van der Waals surface area (Å²) in [4.78, 5) is 25.7. The van der Waals surface area contributed by atoms with Gasteiger partial charge < -0.3 is 15.4 Å². The summed E-state index contributed by atoms with van der Waals surface area (Å²) < 4.78 is 6.10. The van der Waals surface area contributed by atoms with Gasteiger partial charge in [-0.15, -0.1) is 11.8 Å². The van der Waals surface area contributed by atoms with E-state index in [0.29, 0.717) is 12.6 Å². The van der Waals surface area contributed by atoms with Crippen LogP contribution in [0.15, 0.2) is 53.4 Å². The van der Waals surface area contributed by atoms with Crippen LogP contribution in [0.2, 0.25) is 0 Å². The highest BCUT2D eigenvalue weighted by Crippen LogP contribution is 2.36. The molecule has 29 heavy (non-hydrogen) atoms. The fraction of sp³-hybridized carbons (Fsp3) is 0.391. The number of rotatable bonds is 6. The number of anilines is 1. The van der Waals surface area contributed by atoms with Crippen molar-refractivity contribution in [3.63, 3.8) is 0 Å². The Labute approximate surface area is 175 Å². The van der Waals surface area contributed by atoms with Crippen LogP contribution in [0.3, 0.4) is 0 Å². The van der Waals surface area contributed by atoms with E-state index < -0.39 is 5.25 Å². The van der Waals surface area contributed by atoms with Crippen molar-refractivity contribution in [1.82, 2.24) is 5.32 Å². The number of para-hydroxylation sites is 1. The molecule has 2 N–H and O–H groups in total. The summed E-state index contributed by atoms with van der Waals surface area (Å²) >= 11 is 1.44. The monoisotopic (exact) mass is 410 g/mol. The first kappa shape index (κ1) is 19.8. The van der Waals surface area contributed by atoms with Gasteiger partial charge in [0.05, 0.1) is 17.0 Å². The van der Waals surface area contributed by atoms with E-state index in [-0.39, 0.29) is 18.2 Å². The van der Waals surface area contributed by atoms with Crippen molar-refractivity contribution in [2.45, 2.75) is 61.3 Å². The minimum absolute atomic E-state index is 0.119. The largest absolute Gasteiger partial charge is 0.490 e. The van der Waals surface area contributed by atoms with Crippen molar-refractivity contribution >= 4 is 29.3 Å². The van der Waals surface area contributed by atoms with Gasteiger partial charge in [0.15, 0.2) is 0 Å². The normalized spacial score (nSPS) is 19.2. The lowest BCUT2D eigenvalue weighted by Crippen LogP contribution is -2.34. The second kappa shape index (κ2) is 9.35. The molecule has 1 saturated carbocycles. The van der Waals surface area contributed by atoms with Gasteiger partial charge in [0.1, 0.15) is 5.75 Å². The predicted molar refractivity (Wildman–Crippen MR) is 115 cm³/mol. The van der Waals surface area contributed by atoms with E-state index in [0.717, 1.165) is 34.7 Å². The summed E-state index contributed by atoms with van der Waals surface area (Å²) in [6.07, 6.45) is 6.46. The number of nitrogens with one attached hydrogen (secondary N) is 2. The van der Waals surface area contributed by atoms with E-state index in [2.05, 4.69) is 10.6 Å². The van der Waals surface area contributed by atoms with Crippen molar-refractivity contribution in [2.24, 2.45) is 0 Å². The molecule has 0 bridgehead atoms. The smallest absolute Gasteiger partial charge is 0.238 e. The van der Waals surface area contributed by atoms with Crippen LogP contribution in [0.25, 0.3) is 0 Å². The summed E-state index contributed by atoms with van der Waals surface area (Å²) in [6, 6.07) is 15.6. The van der Waals surface area contributed by atoms with Gasteiger partial charge in [-0.05, 0) is 55.5 Å². The summed E-state index contributed by atoms with van der Waals surface area (Å²) in [7, 11) is 0. The SMILES string of the molecule is O=C(CC1Sc2ccccc2NC1=O)NCc1cccc(OC2CCCCC2)c1. The maximum atomic E-state index is 12.4. The van der Waals surface area contributed by atoms with Gasteiger partial charge in [-0.1, -0.05) is 30.7 Å². The highest BCUT2D eigenvalue weighted by atomic mass is 32.2. The number of hydrogen-bond donors (Lipinski definition) is 2. The van der Waals surface area contributed by atoms with Crippen molar-refractivity contribution in [1.29, 1.82) is 0 Å². The molecule has 1 unspecified atom stereocenters. The molecule has 2 aromatic carbocycles. The van der Waals surface area contributed by atoms with Gasteiger partial charge in [-0.25, -0.2) is 0 Å². The lowest BCUT2D eigenvalue weighted by Gasteiger charge is -2.24. The molecule has 4 rings (SSSR count). The van der Waals surface area contributed by atoms with Crippen LogP contribution in [-0.2, 0) is 16.1 Å². The molecular weight excluding hydrogens is 384 g/mol. The number of carbonyl (C=O) groups excluding carboxylic acids is 2. The van der Waals surface area contributed by atoms with Crippen LogP contribution in [0.5, 0.6) is 5.75 Å². The van der Waals surface area contributed by atoms with Gasteiger partial charge in [0.25, 0.3) is 0 Å². The molecular formula is C23H26N2O3S. The molecule has 0 radical (unpaired) electrons. The molecule has 0 saturated heterocycles. The quantitative estimate of drug-likeness (QED) is 0.735. The second-order valence-electron chi connectivity index (χ2n) is 7.60. The van der Waals surface area contributed by atoms with E-state index in [4.69, 9.17) is 4.74 Å². The number of ether oxygens (including phenoxy) is 1. The van der Waals surface area contributed by atoms with Crippen LogP contribution < -0.4 is 15.4 Å². The third kappa shape index (κ3) is 5.32. The van der Waals surface area contributed by atoms with Crippen molar-refractivity contribution in [3.8, 4) is 5.75 Å². The van der Waals surface area contributed by atoms with Crippen LogP contribution >= 0.6 is 11.8 Å². The number of amides is 2. The first-order valence-corrected chi connectivity index (χ1v) is 11.1. The molecule has 1 fully saturated rings. The highest BCUT2D eigenvalue weighted by Gasteiger charge is 2.28. The lowest BCUT2D eigenvalue weighted by molar-refractivity contribution is -0.124. The number of carbonyl (C=O) groups is 2. The van der Waals surface area contributed by atoms with Gasteiger partial charge in [0.2, 0.25) is 11.8 Å². The average molecular weight is 411 g/mol. The molecule has 5 nitrogen and oxygen atoms in total. The maximum Gasteiger partial charge on any atom is 0.238 e. The first-order valence-electron chi connectivity index (χ1n) is 10.3. The molecule has 2 aromatic rings. The number of benzene rings is 2.